The first-order valence-corrected chi connectivity index (χ1v) is 10.1. The van der Waals surface area contributed by atoms with Crippen molar-refractivity contribution in [1.29, 1.82) is 0 Å². The molecule has 0 aliphatic carbocycles. The van der Waals surface area contributed by atoms with E-state index in [4.69, 9.17) is 0 Å². The Hall–Kier alpha value is -2.63. The largest absolute Gasteiger partial charge is 0.368 e. The highest BCUT2D eigenvalue weighted by molar-refractivity contribution is 5.93. The molecule has 0 bridgehead atoms. The molecule has 3 heterocycles. The summed E-state index contributed by atoms with van der Waals surface area (Å²) in [5.41, 5.74) is 2.19. The summed E-state index contributed by atoms with van der Waals surface area (Å²) >= 11 is 0. The predicted octanol–water partition coefficient (Wildman–Crippen LogP) is 3.42. The van der Waals surface area contributed by atoms with Gasteiger partial charge in [0.05, 0.1) is 5.69 Å². The van der Waals surface area contributed by atoms with Gasteiger partial charge in [0.2, 0.25) is 0 Å². The van der Waals surface area contributed by atoms with E-state index >= 15 is 0 Å². The molecule has 1 aromatic heterocycles. The van der Waals surface area contributed by atoms with E-state index in [1.165, 1.54) is 6.07 Å². The number of likely N-dealkylation sites (tertiary alicyclic amines) is 1. The Morgan fingerprint density at radius 3 is 2.39 bits per heavy atom. The number of anilines is 2. The van der Waals surface area contributed by atoms with Gasteiger partial charge in [0, 0.05) is 51.2 Å². The van der Waals surface area contributed by atoms with Crippen molar-refractivity contribution < 1.29 is 9.18 Å². The van der Waals surface area contributed by atoms with Gasteiger partial charge in [-0.15, -0.1) is 0 Å². The average molecular weight is 382 g/mol. The number of aromatic nitrogens is 1. The minimum absolute atomic E-state index is 0.0266. The Kier molecular flexibility index (Phi) is 5.46. The SMILES string of the molecule is CC1CCN(C(=O)c2cc(N3CCN(c4ccccc4F)CC3)ccn2)CC1. The van der Waals surface area contributed by atoms with Crippen LogP contribution in [0, 0.1) is 11.7 Å². The van der Waals surface area contributed by atoms with E-state index in [9.17, 15) is 9.18 Å². The summed E-state index contributed by atoms with van der Waals surface area (Å²) in [6, 6.07) is 10.8. The van der Waals surface area contributed by atoms with E-state index in [-0.39, 0.29) is 11.7 Å². The zero-order chi connectivity index (χ0) is 19.5. The van der Waals surface area contributed by atoms with Crippen LogP contribution in [0.25, 0.3) is 0 Å². The smallest absolute Gasteiger partial charge is 0.272 e. The van der Waals surface area contributed by atoms with Crippen molar-refractivity contribution in [2.75, 3.05) is 49.1 Å². The Labute approximate surface area is 165 Å². The van der Waals surface area contributed by atoms with Crippen molar-refractivity contribution in [3.8, 4) is 0 Å². The normalized spacial score (nSPS) is 18.4. The molecule has 4 rings (SSSR count). The van der Waals surface area contributed by atoms with Crippen LogP contribution in [0.5, 0.6) is 0 Å². The Bertz CT molecular complexity index is 827. The maximum atomic E-state index is 14.0. The van der Waals surface area contributed by atoms with Gasteiger partial charge < -0.3 is 14.7 Å². The van der Waals surface area contributed by atoms with Gasteiger partial charge in [-0.1, -0.05) is 19.1 Å². The molecule has 0 unspecified atom stereocenters. The Balaban J connectivity index is 1.41. The fraction of sp³-hybridized carbons (Fsp3) is 0.455. The first-order valence-electron chi connectivity index (χ1n) is 10.1. The molecule has 0 N–H and O–H groups in total. The lowest BCUT2D eigenvalue weighted by Crippen LogP contribution is -2.47. The Morgan fingerprint density at radius 1 is 1.00 bits per heavy atom. The van der Waals surface area contributed by atoms with E-state index in [0.29, 0.717) is 17.3 Å². The highest BCUT2D eigenvalue weighted by atomic mass is 19.1. The molecule has 148 valence electrons. The molecule has 1 amide bonds. The van der Waals surface area contributed by atoms with Crippen LogP contribution in [-0.2, 0) is 0 Å². The summed E-state index contributed by atoms with van der Waals surface area (Å²) in [5.74, 6) is 0.538. The monoisotopic (exact) mass is 382 g/mol. The third kappa shape index (κ3) is 3.96. The van der Waals surface area contributed by atoms with Crippen LogP contribution in [0.3, 0.4) is 0 Å². The van der Waals surface area contributed by atoms with E-state index in [2.05, 4.69) is 21.7 Å². The molecule has 0 atom stereocenters. The summed E-state index contributed by atoms with van der Waals surface area (Å²) in [5, 5.41) is 0. The number of halogens is 1. The van der Waals surface area contributed by atoms with Gasteiger partial charge in [0.1, 0.15) is 11.5 Å². The molecule has 0 saturated carbocycles. The van der Waals surface area contributed by atoms with Gasteiger partial charge in [-0.2, -0.15) is 0 Å². The zero-order valence-corrected chi connectivity index (χ0v) is 16.4. The van der Waals surface area contributed by atoms with Gasteiger partial charge in [-0.05, 0) is 43.0 Å². The maximum Gasteiger partial charge on any atom is 0.272 e. The minimum atomic E-state index is -0.177. The number of hydrogen-bond acceptors (Lipinski definition) is 4. The van der Waals surface area contributed by atoms with Crippen LogP contribution in [0.2, 0.25) is 0 Å². The van der Waals surface area contributed by atoms with E-state index in [0.717, 1.165) is 57.8 Å². The molecule has 2 fully saturated rings. The third-order valence-electron chi connectivity index (χ3n) is 5.87. The van der Waals surface area contributed by atoms with Gasteiger partial charge in [-0.25, -0.2) is 4.39 Å². The molecule has 2 aromatic rings. The number of carbonyl (C=O) groups is 1. The van der Waals surface area contributed by atoms with Crippen molar-refractivity contribution in [1.82, 2.24) is 9.88 Å². The van der Waals surface area contributed by atoms with Crippen LogP contribution in [0.15, 0.2) is 42.6 Å². The number of amides is 1. The predicted molar refractivity (Wildman–Crippen MR) is 109 cm³/mol. The lowest BCUT2D eigenvalue weighted by Gasteiger charge is -2.37. The lowest BCUT2D eigenvalue weighted by atomic mass is 9.99. The second kappa shape index (κ2) is 8.17. The molecule has 6 heteroatoms. The molecule has 28 heavy (non-hydrogen) atoms. The molecule has 0 spiro atoms. The molecule has 2 saturated heterocycles. The summed E-state index contributed by atoms with van der Waals surface area (Å²) in [6.45, 7) is 6.93. The molecule has 2 aliphatic rings. The van der Waals surface area contributed by atoms with Gasteiger partial charge in [-0.3, -0.25) is 9.78 Å². The number of benzene rings is 1. The molecule has 1 aromatic carbocycles. The Morgan fingerprint density at radius 2 is 1.68 bits per heavy atom. The quantitative estimate of drug-likeness (QED) is 0.816. The van der Waals surface area contributed by atoms with Crippen molar-refractivity contribution in [3.05, 3.63) is 54.1 Å². The molecule has 5 nitrogen and oxygen atoms in total. The van der Waals surface area contributed by atoms with Gasteiger partial charge in [0.25, 0.3) is 5.91 Å². The lowest BCUT2D eigenvalue weighted by molar-refractivity contribution is 0.0691. The zero-order valence-electron chi connectivity index (χ0n) is 16.4. The number of piperazine rings is 1. The number of hydrogen-bond donors (Lipinski definition) is 0. The number of piperidine rings is 1. The summed E-state index contributed by atoms with van der Waals surface area (Å²) < 4.78 is 14.0. The fourth-order valence-electron chi connectivity index (χ4n) is 4.02. The van der Waals surface area contributed by atoms with Gasteiger partial charge >= 0.3 is 0 Å². The number of nitrogens with zero attached hydrogens (tertiary/aromatic N) is 4. The number of pyridine rings is 1. The van der Waals surface area contributed by atoms with Crippen molar-refractivity contribution in [2.45, 2.75) is 19.8 Å². The van der Waals surface area contributed by atoms with Crippen molar-refractivity contribution in [3.63, 3.8) is 0 Å². The highest BCUT2D eigenvalue weighted by Gasteiger charge is 2.24. The number of carbonyl (C=O) groups excluding carboxylic acids is 1. The van der Waals surface area contributed by atoms with Crippen LogP contribution in [-0.4, -0.2) is 55.1 Å². The van der Waals surface area contributed by atoms with Crippen LogP contribution in [0.1, 0.15) is 30.3 Å². The van der Waals surface area contributed by atoms with Crippen molar-refractivity contribution >= 4 is 17.3 Å². The third-order valence-corrected chi connectivity index (χ3v) is 5.87. The van der Waals surface area contributed by atoms with E-state index < -0.39 is 0 Å². The first kappa shape index (κ1) is 18.7. The molecular formula is C22H27FN4O. The maximum absolute atomic E-state index is 14.0. The van der Waals surface area contributed by atoms with Crippen LogP contribution in [0.4, 0.5) is 15.8 Å². The van der Waals surface area contributed by atoms with E-state index in [1.54, 1.807) is 12.3 Å². The summed E-state index contributed by atoms with van der Waals surface area (Å²) in [6.07, 6.45) is 3.84. The summed E-state index contributed by atoms with van der Waals surface area (Å²) in [4.78, 5) is 23.4. The topological polar surface area (TPSA) is 39.7 Å². The minimum Gasteiger partial charge on any atom is -0.368 e. The second-order valence-corrected chi connectivity index (χ2v) is 7.80. The first-order chi connectivity index (χ1) is 13.6. The van der Waals surface area contributed by atoms with Gasteiger partial charge in [0.15, 0.2) is 0 Å². The van der Waals surface area contributed by atoms with E-state index in [1.807, 2.05) is 29.2 Å². The summed E-state index contributed by atoms with van der Waals surface area (Å²) in [7, 11) is 0. The molecular weight excluding hydrogens is 355 g/mol. The number of para-hydroxylation sites is 1. The molecule has 2 aliphatic heterocycles. The average Bonchev–Trinajstić information content (AvgIpc) is 2.74. The molecule has 0 radical (unpaired) electrons. The van der Waals surface area contributed by atoms with Crippen LogP contribution >= 0.6 is 0 Å². The fourth-order valence-corrected chi connectivity index (χ4v) is 4.02. The number of rotatable bonds is 3. The van der Waals surface area contributed by atoms with Crippen molar-refractivity contribution in [2.24, 2.45) is 5.92 Å². The highest BCUT2D eigenvalue weighted by Crippen LogP contribution is 2.24. The van der Waals surface area contributed by atoms with Crippen LogP contribution < -0.4 is 9.80 Å². The second-order valence-electron chi connectivity index (χ2n) is 7.80. The standard InChI is InChI=1S/C22H27FN4O/c1-17-7-10-27(11-8-17)22(28)20-16-18(6-9-24-20)25-12-14-26(15-13-25)21-5-3-2-4-19(21)23/h2-6,9,16-17H,7-8,10-15H2,1H3.